The molecule has 7 nitrogen and oxygen atoms in total. The Morgan fingerprint density at radius 1 is 1.17 bits per heavy atom. The van der Waals surface area contributed by atoms with Crippen LogP contribution in [0.4, 0.5) is 5.82 Å². The molecule has 1 aliphatic heterocycles. The van der Waals surface area contributed by atoms with Gasteiger partial charge in [-0.05, 0) is 50.6 Å². The lowest BCUT2D eigenvalue weighted by atomic mass is 9.92. The predicted octanol–water partition coefficient (Wildman–Crippen LogP) is 3.14. The molecule has 3 heterocycles. The molecule has 160 valence electrons. The van der Waals surface area contributed by atoms with Gasteiger partial charge in [-0.15, -0.1) is 0 Å². The van der Waals surface area contributed by atoms with Crippen molar-refractivity contribution in [2.75, 3.05) is 31.6 Å². The Morgan fingerprint density at radius 2 is 1.90 bits per heavy atom. The highest BCUT2D eigenvalue weighted by Gasteiger charge is 2.31. The number of benzene rings is 1. The molecule has 1 saturated heterocycles. The van der Waals surface area contributed by atoms with Crippen LogP contribution in [0.15, 0.2) is 47.8 Å². The molecule has 30 heavy (non-hydrogen) atoms. The van der Waals surface area contributed by atoms with Gasteiger partial charge in [0.25, 0.3) is 10.0 Å². The minimum Gasteiger partial charge on any atom is -0.354 e. The fourth-order valence-corrected chi connectivity index (χ4v) is 5.58. The average Bonchev–Trinajstić information content (AvgIpc) is 3.19. The van der Waals surface area contributed by atoms with Crippen molar-refractivity contribution in [3.63, 3.8) is 0 Å². The molecule has 2 aromatic heterocycles. The van der Waals surface area contributed by atoms with Gasteiger partial charge in [0.15, 0.2) is 5.65 Å². The molecule has 1 aromatic carbocycles. The summed E-state index contributed by atoms with van der Waals surface area (Å²) in [5.41, 5.74) is 1.42. The van der Waals surface area contributed by atoms with Crippen molar-refractivity contribution in [2.45, 2.75) is 38.1 Å². The van der Waals surface area contributed by atoms with Crippen molar-refractivity contribution in [2.24, 2.45) is 5.92 Å². The normalized spacial score (nSPS) is 20.5. The summed E-state index contributed by atoms with van der Waals surface area (Å²) in [6, 6.07) is 8.99. The number of aromatic nitrogens is 3. The lowest BCUT2D eigenvalue weighted by molar-refractivity contribution is 0.173. The van der Waals surface area contributed by atoms with Gasteiger partial charge in [0.05, 0.1) is 10.3 Å². The van der Waals surface area contributed by atoms with Crippen molar-refractivity contribution < 1.29 is 8.42 Å². The number of likely N-dealkylation sites (N-methyl/N-ethyl adjacent to an activating group) is 2. The van der Waals surface area contributed by atoms with Crippen molar-refractivity contribution in [1.82, 2.24) is 18.8 Å². The van der Waals surface area contributed by atoms with E-state index < -0.39 is 10.0 Å². The lowest BCUT2D eigenvalue weighted by Crippen LogP contribution is -2.51. The monoisotopic (exact) mass is 427 g/mol. The predicted molar refractivity (Wildman–Crippen MR) is 119 cm³/mol. The van der Waals surface area contributed by atoms with Gasteiger partial charge >= 0.3 is 0 Å². The van der Waals surface area contributed by atoms with Gasteiger partial charge in [0, 0.05) is 25.8 Å². The first-order valence-corrected chi connectivity index (χ1v) is 11.9. The van der Waals surface area contributed by atoms with Crippen LogP contribution in [0.5, 0.6) is 0 Å². The number of anilines is 1. The number of hydrogen-bond donors (Lipinski definition) is 0. The summed E-state index contributed by atoms with van der Waals surface area (Å²) < 4.78 is 27.7. The van der Waals surface area contributed by atoms with E-state index in [1.54, 1.807) is 36.5 Å². The minimum absolute atomic E-state index is 0.249. The summed E-state index contributed by atoms with van der Waals surface area (Å²) in [4.78, 5) is 13.8. The molecule has 0 saturated carbocycles. The topological polar surface area (TPSA) is 71.3 Å². The number of piperidine rings is 1. The molecule has 0 radical (unpaired) electrons. The van der Waals surface area contributed by atoms with Gasteiger partial charge in [0.2, 0.25) is 0 Å². The highest BCUT2D eigenvalue weighted by molar-refractivity contribution is 7.90. The van der Waals surface area contributed by atoms with Crippen molar-refractivity contribution in [3.05, 3.63) is 48.4 Å². The van der Waals surface area contributed by atoms with E-state index in [9.17, 15) is 8.42 Å². The molecule has 0 N–H and O–H groups in total. The molecule has 1 aliphatic rings. The zero-order valence-electron chi connectivity index (χ0n) is 18.0. The SMILES string of the molecule is CCN1CC[C@@H](C)C(N(C)c2ncnc3c2ccn3S(=O)(=O)c2ccc(C)cc2)C1. The van der Waals surface area contributed by atoms with Crippen LogP contribution in [0.2, 0.25) is 0 Å². The summed E-state index contributed by atoms with van der Waals surface area (Å²) in [6.45, 7) is 9.52. The summed E-state index contributed by atoms with van der Waals surface area (Å²) in [5.74, 6) is 1.30. The number of likely N-dealkylation sites (tertiary alicyclic amines) is 1. The summed E-state index contributed by atoms with van der Waals surface area (Å²) in [5, 5.41) is 0.747. The second kappa shape index (κ2) is 8.00. The molecule has 3 aromatic rings. The van der Waals surface area contributed by atoms with Crippen LogP contribution in [0, 0.1) is 12.8 Å². The van der Waals surface area contributed by atoms with Gasteiger partial charge in [-0.25, -0.2) is 22.4 Å². The van der Waals surface area contributed by atoms with Crippen LogP contribution in [-0.4, -0.2) is 60.0 Å². The van der Waals surface area contributed by atoms with E-state index in [0.717, 1.165) is 42.8 Å². The molecule has 1 unspecified atom stereocenters. The Bertz CT molecular complexity index is 1140. The molecule has 0 bridgehead atoms. The van der Waals surface area contributed by atoms with Crippen LogP contribution >= 0.6 is 0 Å². The third kappa shape index (κ3) is 3.58. The molecular formula is C22H29N5O2S. The number of hydrogen-bond acceptors (Lipinski definition) is 6. The third-order valence-corrected chi connectivity index (χ3v) is 7.97. The second-order valence-electron chi connectivity index (χ2n) is 8.20. The number of nitrogens with zero attached hydrogens (tertiary/aromatic N) is 5. The Kier molecular flexibility index (Phi) is 5.55. The summed E-state index contributed by atoms with van der Waals surface area (Å²) in [6.07, 6.45) is 4.18. The zero-order chi connectivity index (χ0) is 21.5. The second-order valence-corrected chi connectivity index (χ2v) is 10.0. The maximum absolute atomic E-state index is 13.2. The van der Waals surface area contributed by atoms with Crippen molar-refractivity contribution in [1.29, 1.82) is 0 Å². The van der Waals surface area contributed by atoms with E-state index in [0.29, 0.717) is 17.6 Å². The molecule has 2 atom stereocenters. The van der Waals surface area contributed by atoms with Gasteiger partial charge in [-0.1, -0.05) is 31.5 Å². The van der Waals surface area contributed by atoms with E-state index in [-0.39, 0.29) is 4.90 Å². The van der Waals surface area contributed by atoms with E-state index >= 15 is 0 Å². The third-order valence-electron chi connectivity index (χ3n) is 6.29. The Labute approximate surface area is 178 Å². The smallest absolute Gasteiger partial charge is 0.269 e. The zero-order valence-corrected chi connectivity index (χ0v) is 18.8. The lowest BCUT2D eigenvalue weighted by Gasteiger charge is -2.42. The summed E-state index contributed by atoms with van der Waals surface area (Å²) in [7, 11) is -1.68. The van der Waals surface area contributed by atoms with E-state index in [1.165, 1.54) is 10.3 Å². The number of fused-ring (bicyclic) bond motifs is 1. The van der Waals surface area contributed by atoms with Gasteiger partial charge in [-0.3, -0.25) is 0 Å². The van der Waals surface area contributed by atoms with E-state index in [1.807, 2.05) is 14.0 Å². The quantitative estimate of drug-likeness (QED) is 0.623. The van der Waals surface area contributed by atoms with Gasteiger partial charge in [-0.2, -0.15) is 0 Å². The van der Waals surface area contributed by atoms with E-state index in [4.69, 9.17) is 0 Å². The van der Waals surface area contributed by atoms with Crippen LogP contribution < -0.4 is 4.90 Å². The highest BCUT2D eigenvalue weighted by Crippen LogP contribution is 2.30. The van der Waals surface area contributed by atoms with Crippen LogP contribution in [-0.2, 0) is 10.0 Å². The van der Waals surface area contributed by atoms with Crippen LogP contribution in [0.1, 0.15) is 25.8 Å². The molecule has 0 spiro atoms. The molecule has 1 fully saturated rings. The van der Waals surface area contributed by atoms with Crippen molar-refractivity contribution in [3.8, 4) is 0 Å². The first-order valence-electron chi connectivity index (χ1n) is 10.4. The van der Waals surface area contributed by atoms with E-state index in [2.05, 4.69) is 33.6 Å². The molecule has 0 aliphatic carbocycles. The van der Waals surface area contributed by atoms with Crippen LogP contribution in [0.3, 0.4) is 0 Å². The maximum atomic E-state index is 13.2. The summed E-state index contributed by atoms with van der Waals surface area (Å²) >= 11 is 0. The Balaban J connectivity index is 1.74. The van der Waals surface area contributed by atoms with Gasteiger partial charge < -0.3 is 9.80 Å². The molecular weight excluding hydrogens is 398 g/mol. The fourth-order valence-electron chi connectivity index (χ4n) is 4.28. The molecule has 4 rings (SSSR count). The molecule has 8 heteroatoms. The first-order chi connectivity index (χ1) is 14.3. The number of rotatable bonds is 5. The number of aryl methyl sites for hydroxylation is 1. The first kappa shape index (κ1) is 20.8. The Hall–Kier alpha value is -2.45. The average molecular weight is 428 g/mol. The minimum atomic E-state index is -3.73. The largest absolute Gasteiger partial charge is 0.354 e. The standard InChI is InChI=1S/C22H29N5O2S/c1-5-26-12-10-17(3)20(14-26)25(4)21-19-11-13-27(22(19)24-15-23-21)30(28,29)18-8-6-16(2)7-9-18/h6-9,11,13,15,17,20H,5,10,12,14H2,1-4H3/t17-,20?/m1/s1. The van der Waals surface area contributed by atoms with Crippen molar-refractivity contribution >= 4 is 26.9 Å². The Morgan fingerprint density at radius 3 is 2.60 bits per heavy atom. The van der Waals surface area contributed by atoms with Gasteiger partial charge in [0.1, 0.15) is 12.1 Å². The van der Waals surface area contributed by atoms with Crippen LogP contribution in [0.25, 0.3) is 11.0 Å². The molecule has 0 amide bonds. The maximum Gasteiger partial charge on any atom is 0.269 e. The highest BCUT2D eigenvalue weighted by atomic mass is 32.2. The fraction of sp³-hybridized carbons (Fsp3) is 0.455.